The lowest BCUT2D eigenvalue weighted by Crippen LogP contribution is -2.54. The first-order valence-electron chi connectivity index (χ1n) is 12.2. The first-order valence-corrected chi connectivity index (χ1v) is 12.2. The van der Waals surface area contributed by atoms with Crippen molar-refractivity contribution >= 4 is 23.2 Å². The van der Waals surface area contributed by atoms with Crippen LogP contribution in [0.4, 0.5) is 29.3 Å². The van der Waals surface area contributed by atoms with Crippen LogP contribution in [0.3, 0.4) is 0 Å². The number of anilines is 2. The van der Waals surface area contributed by atoms with Crippen LogP contribution in [0.1, 0.15) is 51.5 Å². The predicted molar refractivity (Wildman–Crippen MR) is 130 cm³/mol. The molecule has 194 valence electrons. The van der Waals surface area contributed by atoms with Gasteiger partial charge in [0.05, 0.1) is 29.7 Å². The summed E-state index contributed by atoms with van der Waals surface area (Å²) in [6, 6.07) is 1.08. The molecule has 1 saturated carbocycles. The molecule has 2 amide bonds. The van der Waals surface area contributed by atoms with Gasteiger partial charge in [-0.2, -0.15) is 5.10 Å². The van der Waals surface area contributed by atoms with Crippen LogP contribution in [0.15, 0.2) is 18.5 Å². The molecule has 4 heterocycles. The quantitative estimate of drug-likeness (QED) is 0.343. The molecule has 2 saturated heterocycles. The maximum atomic E-state index is 14.3. The van der Waals surface area contributed by atoms with Crippen molar-refractivity contribution in [1.29, 1.82) is 5.41 Å². The number of H-pyrrole nitrogens is 1. The third-order valence-electron chi connectivity index (χ3n) is 7.16. The Morgan fingerprint density at radius 2 is 1.92 bits per heavy atom. The van der Waals surface area contributed by atoms with Crippen LogP contribution in [-0.2, 0) is 0 Å². The van der Waals surface area contributed by atoms with E-state index in [2.05, 4.69) is 25.8 Å². The number of nitrogens with zero attached hydrogens (tertiary/aromatic N) is 4. The lowest BCUT2D eigenvalue weighted by atomic mass is 9.97. The highest BCUT2D eigenvalue weighted by Crippen LogP contribution is 2.51. The zero-order chi connectivity index (χ0) is 25.7. The van der Waals surface area contributed by atoms with Crippen molar-refractivity contribution in [3.63, 3.8) is 0 Å². The van der Waals surface area contributed by atoms with Gasteiger partial charge >= 0.3 is 6.03 Å². The van der Waals surface area contributed by atoms with Gasteiger partial charge in [-0.25, -0.2) is 18.0 Å². The van der Waals surface area contributed by atoms with Crippen LogP contribution in [0.5, 0.6) is 0 Å². The first-order chi connectivity index (χ1) is 17.0. The van der Waals surface area contributed by atoms with Crippen molar-refractivity contribution < 1.29 is 18.0 Å². The summed E-state index contributed by atoms with van der Waals surface area (Å²) in [4.78, 5) is 20.7. The summed E-state index contributed by atoms with van der Waals surface area (Å²) in [5, 5.41) is 21.2. The molecule has 5 rings (SSSR count). The van der Waals surface area contributed by atoms with E-state index >= 15 is 0 Å². The SMILES string of the molecule is CC(C)(F)CNc1cc(-c2[nH]ncc2NC(=O)N2CC(F)(F)CCC23CC3)ncc1C(=N)N1CCC1. The van der Waals surface area contributed by atoms with Gasteiger partial charge in [0.1, 0.15) is 17.2 Å². The number of urea groups is 1. The number of piperidine rings is 1. The molecule has 0 aromatic carbocycles. The molecule has 4 N–H and O–H groups in total. The second kappa shape index (κ2) is 8.67. The monoisotopic (exact) mass is 504 g/mol. The number of amidine groups is 1. The lowest BCUT2D eigenvalue weighted by Gasteiger charge is -2.40. The standard InChI is InChI=1S/C24H31F3N8O/c1-22(2,25)13-30-16-10-17(29-11-15(16)20(28)34-8-3-9-34)19-18(12-31-33-19)32-21(36)35-14-24(26,27)7-6-23(35)4-5-23/h10-12,28H,3-9,13-14H2,1-2H3,(H,29,30)(H,31,33)(H,32,36). The number of likely N-dealkylation sites (tertiary alicyclic amines) is 2. The summed E-state index contributed by atoms with van der Waals surface area (Å²) >= 11 is 0. The van der Waals surface area contributed by atoms with Gasteiger partial charge in [0.2, 0.25) is 0 Å². The second-order valence-electron chi connectivity index (χ2n) is 10.6. The minimum atomic E-state index is -2.91. The average Bonchev–Trinajstić information content (AvgIpc) is 3.41. The first kappa shape index (κ1) is 24.4. The number of hydrogen-bond acceptors (Lipinski definition) is 5. The molecule has 12 heteroatoms. The van der Waals surface area contributed by atoms with Crippen LogP contribution in [-0.4, -0.2) is 80.2 Å². The van der Waals surface area contributed by atoms with Gasteiger partial charge in [0, 0.05) is 43.5 Å². The van der Waals surface area contributed by atoms with E-state index in [1.165, 1.54) is 24.9 Å². The van der Waals surface area contributed by atoms with Crippen molar-refractivity contribution in [1.82, 2.24) is 25.0 Å². The Morgan fingerprint density at radius 1 is 1.19 bits per heavy atom. The minimum Gasteiger partial charge on any atom is -0.381 e. The van der Waals surface area contributed by atoms with Crippen molar-refractivity contribution in [2.45, 2.75) is 63.1 Å². The topological polar surface area (TPSA) is 113 Å². The molecule has 3 fully saturated rings. The maximum Gasteiger partial charge on any atom is 0.322 e. The van der Waals surface area contributed by atoms with Gasteiger partial charge in [-0.1, -0.05) is 0 Å². The Bertz CT molecular complexity index is 1170. The maximum absolute atomic E-state index is 14.3. The number of pyridine rings is 1. The second-order valence-corrected chi connectivity index (χ2v) is 10.6. The van der Waals surface area contributed by atoms with Gasteiger partial charge in [0.15, 0.2) is 0 Å². The van der Waals surface area contributed by atoms with Crippen molar-refractivity contribution in [3.8, 4) is 11.4 Å². The molecule has 0 unspecified atom stereocenters. The fourth-order valence-electron chi connectivity index (χ4n) is 4.68. The molecule has 36 heavy (non-hydrogen) atoms. The largest absolute Gasteiger partial charge is 0.381 e. The summed E-state index contributed by atoms with van der Waals surface area (Å²) in [5.41, 5.74) is 0.208. The normalized spacial score (nSPS) is 20.1. The number of halogens is 3. The molecule has 1 spiro atoms. The van der Waals surface area contributed by atoms with E-state index in [1.54, 1.807) is 12.3 Å². The molecule has 0 atom stereocenters. The average molecular weight is 505 g/mol. The highest BCUT2D eigenvalue weighted by atomic mass is 19.3. The Kier molecular flexibility index (Phi) is 5.87. The number of nitrogens with one attached hydrogen (secondary N) is 4. The molecule has 0 bridgehead atoms. The molecule has 0 radical (unpaired) electrons. The number of hydrogen-bond donors (Lipinski definition) is 4. The highest BCUT2D eigenvalue weighted by Gasteiger charge is 2.57. The van der Waals surface area contributed by atoms with E-state index in [0.29, 0.717) is 34.2 Å². The summed E-state index contributed by atoms with van der Waals surface area (Å²) in [7, 11) is 0. The molecule has 2 aliphatic heterocycles. The summed E-state index contributed by atoms with van der Waals surface area (Å²) in [6.45, 7) is 3.90. The summed E-state index contributed by atoms with van der Waals surface area (Å²) in [5.74, 6) is -2.61. The molecule has 2 aromatic heterocycles. The molecular formula is C24H31F3N8O. The highest BCUT2D eigenvalue weighted by molar-refractivity contribution is 6.02. The zero-order valence-electron chi connectivity index (χ0n) is 20.4. The van der Waals surface area contributed by atoms with E-state index in [1.807, 2.05) is 4.90 Å². The van der Waals surface area contributed by atoms with Crippen molar-refractivity contribution in [2.24, 2.45) is 0 Å². The third kappa shape index (κ3) is 4.85. The molecule has 9 nitrogen and oxygen atoms in total. The van der Waals surface area contributed by atoms with Gasteiger partial charge in [-0.15, -0.1) is 0 Å². The fourth-order valence-corrected chi connectivity index (χ4v) is 4.68. The van der Waals surface area contributed by atoms with E-state index in [4.69, 9.17) is 5.41 Å². The van der Waals surface area contributed by atoms with Crippen LogP contribution in [0.2, 0.25) is 0 Å². The van der Waals surface area contributed by atoms with Crippen LogP contribution < -0.4 is 10.6 Å². The molecular weight excluding hydrogens is 473 g/mol. The third-order valence-corrected chi connectivity index (χ3v) is 7.16. The zero-order valence-corrected chi connectivity index (χ0v) is 20.4. The van der Waals surface area contributed by atoms with E-state index < -0.39 is 29.7 Å². The van der Waals surface area contributed by atoms with Crippen molar-refractivity contribution in [2.75, 3.05) is 36.8 Å². The summed E-state index contributed by atoms with van der Waals surface area (Å²) in [6.07, 6.45) is 5.49. The van der Waals surface area contributed by atoms with Gasteiger partial charge < -0.3 is 20.4 Å². The number of alkyl halides is 3. The van der Waals surface area contributed by atoms with E-state index in [-0.39, 0.29) is 19.4 Å². The number of carbonyl (C=O) groups is 1. The predicted octanol–water partition coefficient (Wildman–Crippen LogP) is 4.46. The van der Waals surface area contributed by atoms with Crippen LogP contribution in [0.25, 0.3) is 11.4 Å². The lowest BCUT2D eigenvalue weighted by molar-refractivity contribution is -0.0721. The number of carbonyl (C=O) groups excluding carboxylic acids is 1. The molecule has 2 aromatic rings. The number of aromatic amines is 1. The fraction of sp³-hybridized carbons (Fsp3) is 0.583. The smallest absolute Gasteiger partial charge is 0.322 e. The van der Waals surface area contributed by atoms with Gasteiger partial charge in [-0.3, -0.25) is 15.5 Å². The van der Waals surface area contributed by atoms with Crippen molar-refractivity contribution in [3.05, 3.63) is 24.0 Å². The van der Waals surface area contributed by atoms with E-state index in [0.717, 1.165) is 32.4 Å². The molecule has 1 aliphatic carbocycles. The number of rotatable bonds is 6. The number of aromatic nitrogens is 3. The minimum absolute atomic E-state index is 0.0224. The van der Waals surface area contributed by atoms with Gasteiger partial charge in [0.25, 0.3) is 5.92 Å². The Hall–Kier alpha value is -3.31. The van der Waals surface area contributed by atoms with Crippen LogP contribution in [0, 0.1) is 5.41 Å². The Labute approximate surface area is 207 Å². The van der Waals surface area contributed by atoms with E-state index in [9.17, 15) is 18.0 Å². The Balaban J connectivity index is 1.40. The van der Waals surface area contributed by atoms with Gasteiger partial charge in [-0.05, 0) is 45.6 Å². The number of amides is 2. The Morgan fingerprint density at radius 3 is 2.56 bits per heavy atom. The summed E-state index contributed by atoms with van der Waals surface area (Å²) < 4.78 is 42.4. The van der Waals surface area contributed by atoms with Crippen LogP contribution >= 0.6 is 0 Å². The molecule has 3 aliphatic rings.